The molecule has 0 saturated carbocycles. The van der Waals surface area contributed by atoms with Gasteiger partial charge in [0.1, 0.15) is 6.04 Å². The van der Waals surface area contributed by atoms with E-state index in [1.54, 1.807) is 6.20 Å². The van der Waals surface area contributed by atoms with Gasteiger partial charge in [-0.25, -0.2) is 5.32 Å². The summed E-state index contributed by atoms with van der Waals surface area (Å²) in [5.41, 5.74) is 5.18. The lowest BCUT2D eigenvalue weighted by molar-refractivity contribution is -0.493. The van der Waals surface area contributed by atoms with Crippen molar-refractivity contribution in [3.05, 3.63) is 36.0 Å². The third-order valence-electron chi connectivity index (χ3n) is 2.79. The summed E-state index contributed by atoms with van der Waals surface area (Å²) in [5, 5.41) is 21.7. The number of carbonyl (C=O) groups is 1. The van der Waals surface area contributed by atoms with Crippen LogP contribution in [-0.4, -0.2) is 33.6 Å². The fraction of sp³-hybridized carbons (Fsp3) is 0.250. The van der Waals surface area contributed by atoms with E-state index in [-0.39, 0.29) is 6.42 Å². The van der Waals surface area contributed by atoms with Gasteiger partial charge in [0.15, 0.2) is 0 Å². The molecule has 1 heterocycles. The molecule has 6 heteroatoms. The minimum atomic E-state index is -1.10. The number of carboxylic acids is 1. The quantitative estimate of drug-likeness (QED) is 0.450. The summed E-state index contributed by atoms with van der Waals surface area (Å²) in [7, 11) is 0. The van der Waals surface area contributed by atoms with Gasteiger partial charge in [-0.05, 0) is 11.6 Å². The molecular weight excluding hydrogens is 234 g/mol. The van der Waals surface area contributed by atoms with E-state index in [0.29, 0.717) is 0 Å². The van der Waals surface area contributed by atoms with Crippen LogP contribution in [0.4, 0.5) is 0 Å². The van der Waals surface area contributed by atoms with Crippen molar-refractivity contribution < 1.29 is 20.7 Å². The maximum atomic E-state index is 11.1. The van der Waals surface area contributed by atoms with Crippen LogP contribution in [-0.2, 0) is 11.2 Å². The Balaban J connectivity index is 2.23. The molecule has 0 bridgehead atoms. The van der Waals surface area contributed by atoms with Crippen molar-refractivity contribution in [2.24, 2.45) is 0 Å². The summed E-state index contributed by atoms with van der Waals surface area (Å²) >= 11 is 0. The molecule has 0 fully saturated rings. The van der Waals surface area contributed by atoms with Gasteiger partial charge < -0.3 is 20.9 Å². The molecule has 0 radical (unpaired) electrons. The molecular formula is C12H16N3O3+. The van der Waals surface area contributed by atoms with E-state index in [4.69, 9.17) is 10.2 Å². The highest BCUT2D eigenvalue weighted by molar-refractivity contribution is 5.84. The zero-order valence-corrected chi connectivity index (χ0v) is 9.76. The first-order valence-corrected chi connectivity index (χ1v) is 5.63. The highest BCUT2D eigenvalue weighted by Gasteiger charge is 2.21. The van der Waals surface area contributed by atoms with Gasteiger partial charge >= 0.3 is 5.97 Å². The molecule has 0 aliphatic carbocycles. The average molecular weight is 250 g/mol. The maximum Gasteiger partial charge on any atom is 0.321 e. The van der Waals surface area contributed by atoms with E-state index in [9.17, 15) is 4.79 Å². The van der Waals surface area contributed by atoms with Crippen LogP contribution in [0, 0.1) is 0 Å². The summed E-state index contributed by atoms with van der Waals surface area (Å²) in [6.45, 7) is 0. The second-order valence-electron chi connectivity index (χ2n) is 4.14. The lowest BCUT2D eigenvalue weighted by Gasteiger charge is -2.13. The van der Waals surface area contributed by atoms with Gasteiger partial charge in [0.05, 0.1) is 0 Å². The monoisotopic (exact) mass is 250 g/mol. The SMILES string of the molecule is [NH3+]C(O)NC(Cc1c[nH]c2ccccc12)C(=O)O. The molecule has 0 saturated heterocycles. The van der Waals surface area contributed by atoms with E-state index in [1.807, 2.05) is 24.3 Å². The van der Waals surface area contributed by atoms with Crippen LogP contribution in [0.1, 0.15) is 5.56 Å². The fourth-order valence-electron chi connectivity index (χ4n) is 1.97. The van der Waals surface area contributed by atoms with E-state index in [1.165, 1.54) is 0 Å². The summed E-state index contributed by atoms with van der Waals surface area (Å²) in [5.74, 6) is -1.01. The average Bonchev–Trinajstić information content (AvgIpc) is 2.71. The predicted octanol–water partition coefficient (Wildman–Crippen LogP) is -0.729. The van der Waals surface area contributed by atoms with Gasteiger partial charge in [-0.1, -0.05) is 18.2 Å². The first-order valence-electron chi connectivity index (χ1n) is 5.63. The third-order valence-corrected chi connectivity index (χ3v) is 2.79. The molecule has 1 aromatic carbocycles. The second-order valence-corrected chi connectivity index (χ2v) is 4.14. The molecule has 96 valence electrons. The van der Waals surface area contributed by atoms with Crippen LogP contribution in [0.25, 0.3) is 10.9 Å². The van der Waals surface area contributed by atoms with Gasteiger partial charge in [-0.2, -0.15) is 0 Å². The van der Waals surface area contributed by atoms with Crippen LogP contribution in [0.2, 0.25) is 0 Å². The van der Waals surface area contributed by atoms with Crippen molar-refractivity contribution in [2.45, 2.75) is 18.8 Å². The topological polar surface area (TPSA) is 113 Å². The number of benzene rings is 1. The summed E-state index contributed by atoms with van der Waals surface area (Å²) in [6.07, 6.45) is 0.972. The number of hydrogen-bond donors (Lipinski definition) is 5. The number of quaternary nitrogens is 1. The minimum Gasteiger partial charge on any atom is -0.480 e. The molecule has 2 rings (SSSR count). The van der Waals surface area contributed by atoms with Crippen LogP contribution in [0.15, 0.2) is 30.5 Å². The number of aliphatic hydroxyl groups excluding tert-OH is 1. The Labute approximate surface area is 103 Å². The van der Waals surface area contributed by atoms with Crippen molar-refractivity contribution in [3.8, 4) is 0 Å². The van der Waals surface area contributed by atoms with Crippen molar-refractivity contribution in [2.75, 3.05) is 0 Å². The van der Waals surface area contributed by atoms with Crippen LogP contribution >= 0.6 is 0 Å². The van der Waals surface area contributed by atoms with Gasteiger partial charge in [-0.3, -0.25) is 4.79 Å². The Morgan fingerprint density at radius 2 is 2.17 bits per heavy atom. The number of para-hydroxylation sites is 1. The predicted molar refractivity (Wildman–Crippen MR) is 65.5 cm³/mol. The number of nitrogens with one attached hydrogen (secondary N) is 2. The number of fused-ring (bicyclic) bond motifs is 1. The number of aliphatic carboxylic acids is 1. The normalized spacial score (nSPS) is 14.6. The standard InChI is InChI=1S/C12H15N3O3/c13-12(18)15-10(11(16)17)5-7-6-14-9-4-2-1-3-8(7)9/h1-4,6,10,12,14-15,18H,5,13H2,(H,16,17)/p+1. The number of aliphatic hydroxyl groups is 1. The molecule has 2 unspecified atom stereocenters. The number of H-pyrrole nitrogens is 1. The van der Waals surface area contributed by atoms with E-state index in [0.717, 1.165) is 16.5 Å². The second kappa shape index (κ2) is 5.18. The number of carboxylic acid groups (broad SMARTS) is 1. The van der Waals surface area contributed by atoms with E-state index >= 15 is 0 Å². The van der Waals surface area contributed by atoms with Crippen molar-refractivity contribution in [1.29, 1.82) is 0 Å². The number of hydrogen-bond acceptors (Lipinski definition) is 3. The van der Waals surface area contributed by atoms with Crippen LogP contribution < -0.4 is 11.1 Å². The largest absolute Gasteiger partial charge is 0.480 e. The van der Waals surface area contributed by atoms with Crippen molar-refractivity contribution >= 4 is 16.9 Å². The molecule has 7 N–H and O–H groups in total. The van der Waals surface area contributed by atoms with Gasteiger partial charge in [-0.15, -0.1) is 0 Å². The van der Waals surface area contributed by atoms with Crippen LogP contribution in [0.3, 0.4) is 0 Å². The Kier molecular flexibility index (Phi) is 3.61. The Bertz CT molecular complexity index is 550. The smallest absolute Gasteiger partial charge is 0.321 e. The highest BCUT2D eigenvalue weighted by atomic mass is 16.4. The Morgan fingerprint density at radius 3 is 2.83 bits per heavy atom. The van der Waals surface area contributed by atoms with Crippen molar-refractivity contribution in [1.82, 2.24) is 10.3 Å². The molecule has 0 spiro atoms. The number of rotatable bonds is 5. The summed E-state index contributed by atoms with van der Waals surface area (Å²) < 4.78 is 0. The van der Waals surface area contributed by atoms with Crippen molar-refractivity contribution in [3.63, 3.8) is 0 Å². The van der Waals surface area contributed by atoms with Gasteiger partial charge in [0, 0.05) is 23.5 Å². The summed E-state index contributed by atoms with van der Waals surface area (Å²) in [6, 6.07) is 6.81. The lowest BCUT2D eigenvalue weighted by atomic mass is 10.1. The number of aromatic amines is 1. The lowest BCUT2D eigenvalue weighted by Crippen LogP contribution is -2.70. The van der Waals surface area contributed by atoms with Gasteiger partial charge in [0.2, 0.25) is 6.35 Å². The zero-order chi connectivity index (χ0) is 13.1. The molecule has 0 amide bonds. The van der Waals surface area contributed by atoms with Gasteiger partial charge in [0.25, 0.3) is 0 Å². The zero-order valence-electron chi connectivity index (χ0n) is 9.76. The molecule has 1 aromatic heterocycles. The third kappa shape index (κ3) is 2.67. The molecule has 2 aromatic rings. The molecule has 0 aliphatic heterocycles. The Morgan fingerprint density at radius 1 is 1.44 bits per heavy atom. The highest BCUT2D eigenvalue weighted by Crippen LogP contribution is 2.19. The van der Waals surface area contributed by atoms with Crippen LogP contribution in [0.5, 0.6) is 0 Å². The Hall–Kier alpha value is -1.89. The maximum absolute atomic E-state index is 11.1. The first-order chi connectivity index (χ1) is 8.58. The molecule has 2 atom stereocenters. The molecule has 18 heavy (non-hydrogen) atoms. The fourth-order valence-corrected chi connectivity index (χ4v) is 1.97. The minimum absolute atomic E-state index is 0.284. The number of aromatic nitrogens is 1. The first kappa shape index (κ1) is 12.6. The van der Waals surface area contributed by atoms with E-state index < -0.39 is 18.4 Å². The molecule has 6 nitrogen and oxygen atoms in total. The summed E-state index contributed by atoms with van der Waals surface area (Å²) in [4.78, 5) is 14.2. The van der Waals surface area contributed by atoms with E-state index in [2.05, 4.69) is 16.0 Å². The molecule has 0 aliphatic rings.